The molecule has 0 fully saturated rings. The van der Waals surface area contributed by atoms with Crippen molar-refractivity contribution in [3.63, 3.8) is 0 Å². The average Bonchev–Trinajstić information content (AvgIpc) is 2.52. The van der Waals surface area contributed by atoms with E-state index in [4.69, 9.17) is 4.74 Å². The third-order valence-corrected chi connectivity index (χ3v) is 3.11. The molecule has 0 aliphatic carbocycles. The normalized spacial score (nSPS) is 11.8. The largest absolute Gasteiger partial charge is 0.479 e. The van der Waals surface area contributed by atoms with Crippen LogP contribution in [0.5, 0.6) is 0 Å². The van der Waals surface area contributed by atoms with E-state index >= 15 is 0 Å². The minimum atomic E-state index is -1.09. The summed E-state index contributed by atoms with van der Waals surface area (Å²) in [6.07, 6.45) is -0.980. The Kier molecular flexibility index (Phi) is 5.21. The summed E-state index contributed by atoms with van der Waals surface area (Å²) in [6, 6.07) is 15.1. The lowest BCUT2D eigenvalue weighted by Gasteiger charge is -2.13. The van der Waals surface area contributed by atoms with Crippen LogP contribution in [0.2, 0.25) is 0 Å². The maximum absolute atomic E-state index is 11.3. The lowest BCUT2D eigenvalue weighted by atomic mass is 10.1. The summed E-state index contributed by atoms with van der Waals surface area (Å²) in [5, 5.41) is 20.0. The van der Waals surface area contributed by atoms with Gasteiger partial charge >= 0.3 is 5.97 Å². The zero-order valence-corrected chi connectivity index (χ0v) is 11.7. The van der Waals surface area contributed by atoms with Gasteiger partial charge in [-0.05, 0) is 11.1 Å². The number of carbonyl (C=O) groups is 1. The first-order valence-electron chi connectivity index (χ1n) is 6.68. The lowest BCUT2D eigenvalue weighted by molar-refractivity contribution is -0.384. The number of nitro groups is 1. The number of nitro benzene ring substituents is 1. The van der Waals surface area contributed by atoms with Crippen molar-refractivity contribution < 1.29 is 19.6 Å². The number of non-ortho nitro benzene ring substituents is 1. The number of carboxylic acid groups (broad SMARTS) is 1. The van der Waals surface area contributed by atoms with Gasteiger partial charge in [-0.15, -0.1) is 0 Å². The Balaban J connectivity index is 2.04. The Morgan fingerprint density at radius 2 is 1.82 bits per heavy atom. The Labute approximate surface area is 127 Å². The molecular weight excluding hydrogens is 286 g/mol. The van der Waals surface area contributed by atoms with Crippen molar-refractivity contribution in [3.05, 3.63) is 75.8 Å². The third-order valence-electron chi connectivity index (χ3n) is 3.11. The van der Waals surface area contributed by atoms with Crippen molar-refractivity contribution >= 4 is 11.7 Å². The molecule has 0 heterocycles. The van der Waals surface area contributed by atoms with E-state index in [1.807, 2.05) is 30.3 Å². The van der Waals surface area contributed by atoms with Gasteiger partial charge in [-0.2, -0.15) is 0 Å². The molecule has 2 aromatic rings. The van der Waals surface area contributed by atoms with Gasteiger partial charge in [0.1, 0.15) is 0 Å². The van der Waals surface area contributed by atoms with Crippen LogP contribution < -0.4 is 0 Å². The van der Waals surface area contributed by atoms with E-state index in [2.05, 4.69) is 0 Å². The summed E-state index contributed by atoms with van der Waals surface area (Å²) in [7, 11) is 0. The molecule has 114 valence electrons. The van der Waals surface area contributed by atoms with Crippen molar-refractivity contribution in [3.8, 4) is 0 Å². The summed E-state index contributed by atoms with van der Waals surface area (Å²) in [6.45, 7) is 0.173. The van der Waals surface area contributed by atoms with Gasteiger partial charge in [0.05, 0.1) is 11.5 Å². The van der Waals surface area contributed by atoms with E-state index in [9.17, 15) is 20.0 Å². The molecule has 0 bridgehead atoms. The first kappa shape index (κ1) is 15.7. The molecule has 1 atom stereocenters. The number of rotatable bonds is 7. The molecule has 0 aromatic heterocycles. The molecule has 0 saturated heterocycles. The van der Waals surface area contributed by atoms with E-state index in [0.717, 1.165) is 5.56 Å². The fourth-order valence-corrected chi connectivity index (χ4v) is 2.00. The Bertz CT molecular complexity index is 657. The van der Waals surface area contributed by atoms with E-state index in [1.165, 1.54) is 18.2 Å². The van der Waals surface area contributed by atoms with E-state index < -0.39 is 17.0 Å². The summed E-state index contributed by atoms with van der Waals surface area (Å²) < 4.78 is 5.42. The van der Waals surface area contributed by atoms with Crippen LogP contribution >= 0.6 is 0 Å². The fourth-order valence-electron chi connectivity index (χ4n) is 2.00. The lowest BCUT2D eigenvalue weighted by Crippen LogP contribution is -2.26. The summed E-state index contributed by atoms with van der Waals surface area (Å²) in [5.41, 5.74) is 1.35. The molecule has 2 aromatic carbocycles. The van der Waals surface area contributed by atoms with Crippen molar-refractivity contribution in [2.24, 2.45) is 0 Å². The van der Waals surface area contributed by atoms with Crippen LogP contribution in [0.15, 0.2) is 54.6 Å². The van der Waals surface area contributed by atoms with Crippen LogP contribution in [0.25, 0.3) is 0 Å². The number of hydrogen-bond acceptors (Lipinski definition) is 4. The number of aliphatic carboxylic acids is 1. The average molecular weight is 301 g/mol. The summed E-state index contributed by atoms with van der Waals surface area (Å²) in [4.78, 5) is 21.5. The van der Waals surface area contributed by atoms with Gasteiger partial charge in [0.25, 0.3) is 5.69 Å². The molecule has 6 heteroatoms. The van der Waals surface area contributed by atoms with Crippen molar-refractivity contribution in [2.45, 2.75) is 19.1 Å². The molecule has 0 aliphatic rings. The number of benzene rings is 2. The van der Waals surface area contributed by atoms with Gasteiger partial charge in [0, 0.05) is 18.6 Å². The maximum atomic E-state index is 11.3. The Hall–Kier alpha value is -2.73. The highest BCUT2D eigenvalue weighted by atomic mass is 16.6. The quantitative estimate of drug-likeness (QED) is 0.627. The zero-order chi connectivity index (χ0) is 15.9. The second-order valence-electron chi connectivity index (χ2n) is 4.75. The maximum Gasteiger partial charge on any atom is 0.333 e. The SMILES string of the molecule is O=C(O)[C@@H](Cc1cccc([N+](=O)[O-])c1)OCc1ccccc1. The van der Waals surface area contributed by atoms with E-state index in [0.29, 0.717) is 5.56 Å². The first-order valence-corrected chi connectivity index (χ1v) is 6.68. The van der Waals surface area contributed by atoms with Crippen LogP contribution in [0.1, 0.15) is 11.1 Å². The molecule has 0 radical (unpaired) electrons. The van der Waals surface area contributed by atoms with Gasteiger partial charge in [-0.1, -0.05) is 42.5 Å². The molecule has 6 nitrogen and oxygen atoms in total. The van der Waals surface area contributed by atoms with Gasteiger partial charge < -0.3 is 9.84 Å². The number of carboxylic acids is 1. The predicted molar refractivity (Wildman–Crippen MR) is 79.5 cm³/mol. The molecule has 0 amide bonds. The summed E-state index contributed by atoms with van der Waals surface area (Å²) >= 11 is 0. The minimum absolute atomic E-state index is 0.0651. The monoisotopic (exact) mass is 301 g/mol. The van der Waals surface area contributed by atoms with Gasteiger partial charge in [0.15, 0.2) is 6.10 Å². The van der Waals surface area contributed by atoms with Crippen LogP contribution in [0, 0.1) is 10.1 Å². The second kappa shape index (κ2) is 7.33. The highest BCUT2D eigenvalue weighted by Gasteiger charge is 2.20. The molecule has 0 saturated carbocycles. The standard InChI is InChI=1S/C16H15NO5/c18-16(19)15(22-11-12-5-2-1-3-6-12)10-13-7-4-8-14(9-13)17(20)21/h1-9,15H,10-11H2,(H,18,19)/t15-/m1/s1. The zero-order valence-electron chi connectivity index (χ0n) is 11.7. The third kappa shape index (κ3) is 4.39. The molecule has 2 rings (SSSR count). The number of hydrogen-bond donors (Lipinski definition) is 1. The first-order chi connectivity index (χ1) is 10.6. The fraction of sp³-hybridized carbons (Fsp3) is 0.188. The Morgan fingerprint density at radius 1 is 1.14 bits per heavy atom. The van der Waals surface area contributed by atoms with Crippen LogP contribution in [0.3, 0.4) is 0 Å². The van der Waals surface area contributed by atoms with Crippen molar-refractivity contribution in [2.75, 3.05) is 0 Å². The number of nitrogens with zero attached hydrogens (tertiary/aromatic N) is 1. The molecule has 0 unspecified atom stereocenters. The second-order valence-corrected chi connectivity index (χ2v) is 4.75. The molecule has 0 spiro atoms. The van der Waals surface area contributed by atoms with Crippen LogP contribution in [-0.4, -0.2) is 22.1 Å². The molecule has 1 N–H and O–H groups in total. The van der Waals surface area contributed by atoms with E-state index in [1.54, 1.807) is 6.07 Å². The van der Waals surface area contributed by atoms with Gasteiger partial charge in [0.2, 0.25) is 0 Å². The molecular formula is C16H15NO5. The highest BCUT2D eigenvalue weighted by Crippen LogP contribution is 2.16. The smallest absolute Gasteiger partial charge is 0.333 e. The predicted octanol–water partition coefficient (Wildman–Crippen LogP) is 2.81. The highest BCUT2D eigenvalue weighted by molar-refractivity contribution is 5.72. The van der Waals surface area contributed by atoms with Crippen molar-refractivity contribution in [1.82, 2.24) is 0 Å². The van der Waals surface area contributed by atoms with Crippen molar-refractivity contribution in [1.29, 1.82) is 0 Å². The topological polar surface area (TPSA) is 89.7 Å². The van der Waals surface area contributed by atoms with Gasteiger partial charge in [-0.3, -0.25) is 10.1 Å². The molecule has 0 aliphatic heterocycles. The minimum Gasteiger partial charge on any atom is -0.479 e. The molecule has 22 heavy (non-hydrogen) atoms. The number of ether oxygens (including phenoxy) is 1. The summed E-state index contributed by atoms with van der Waals surface area (Å²) in [5.74, 6) is -1.09. The van der Waals surface area contributed by atoms with E-state index in [-0.39, 0.29) is 18.7 Å². The van der Waals surface area contributed by atoms with Crippen LogP contribution in [0.4, 0.5) is 5.69 Å². The van der Waals surface area contributed by atoms with Crippen LogP contribution in [-0.2, 0) is 22.6 Å². The van der Waals surface area contributed by atoms with Gasteiger partial charge in [-0.25, -0.2) is 4.79 Å². The Morgan fingerprint density at radius 3 is 2.45 bits per heavy atom.